The molecular formula is C14H11BrN2O. The topological polar surface area (TPSA) is 37.8 Å². The lowest BCUT2D eigenvalue weighted by molar-refractivity contribution is 0.787. The van der Waals surface area contributed by atoms with Gasteiger partial charge in [-0.2, -0.15) is 0 Å². The second-order valence-corrected chi connectivity index (χ2v) is 5.08. The number of halogens is 1. The van der Waals surface area contributed by atoms with Gasteiger partial charge in [-0.1, -0.05) is 40.2 Å². The monoisotopic (exact) mass is 302 g/mol. The van der Waals surface area contributed by atoms with E-state index in [1.165, 1.54) is 0 Å². The van der Waals surface area contributed by atoms with Crippen LogP contribution in [0.2, 0.25) is 0 Å². The van der Waals surface area contributed by atoms with Crippen molar-refractivity contribution in [1.29, 1.82) is 0 Å². The van der Waals surface area contributed by atoms with Gasteiger partial charge in [0.05, 0.1) is 17.6 Å². The second-order valence-electron chi connectivity index (χ2n) is 4.16. The van der Waals surface area contributed by atoms with Crippen LogP contribution in [-0.2, 0) is 6.54 Å². The lowest BCUT2D eigenvalue weighted by Gasteiger charge is -2.03. The molecule has 3 rings (SSSR count). The predicted molar refractivity (Wildman–Crippen MR) is 75.8 cm³/mol. The molecule has 0 saturated heterocycles. The molecule has 3 aromatic rings. The Labute approximate surface area is 112 Å². The smallest absolute Gasteiger partial charge is 0.306 e. The van der Waals surface area contributed by atoms with Crippen LogP contribution >= 0.6 is 15.9 Å². The van der Waals surface area contributed by atoms with Crippen LogP contribution < -0.4 is 5.69 Å². The van der Waals surface area contributed by atoms with Crippen molar-refractivity contribution >= 4 is 27.0 Å². The summed E-state index contributed by atoms with van der Waals surface area (Å²) in [6.07, 6.45) is 0. The van der Waals surface area contributed by atoms with Crippen LogP contribution in [-0.4, -0.2) is 9.55 Å². The number of imidazole rings is 1. The molecule has 3 nitrogen and oxygen atoms in total. The highest BCUT2D eigenvalue weighted by molar-refractivity contribution is 9.10. The van der Waals surface area contributed by atoms with Crippen LogP contribution in [0.15, 0.2) is 57.8 Å². The minimum atomic E-state index is -0.0703. The summed E-state index contributed by atoms with van der Waals surface area (Å²) >= 11 is 3.40. The Balaban J connectivity index is 2.07. The van der Waals surface area contributed by atoms with Crippen LogP contribution in [0.1, 0.15) is 5.56 Å². The van der Waals surface area contributed by atoms with Gasteiger partial charge in [0.25, 0.3) is 0 Å². The zero-order valence-corrected chi connectivity index (χ0v) is 11.1. The number of para-hydroxylation sites is 2. The Hall–Kier alpha value is -1.81. The Morgan fingerprint density at radius 1 is 1.06 bits per heavy atom. The summed E-state index contributed by atoms with van der Waals surface area (Å²) in [7, 11) is 0. The Kier molecular flexibility index (Phi) is 2.80. The second kappa shape index (κ2) is 4.46. The molecule has 0 amide bonds. The van der Waals surface area contributed by atoms with Crippen LogP contribution in [0.4, 0.5) is 0 Å². The van der Waals surface area contributed by atoms with Crippen LogP contribution in [0.25, 0.3) is 11.0 Å². The van der Waals surface area contributed by atoms with Crippen molar-refractivity contribution in [3.63, 3.8) is 0 Å². The van der Waals surface area contributed by atoms with Crippen LogP contribution in [0.5, 0.6) is 0 Å². The third kappa shape index (κ3) is 1.99. The fourth-order valence-corrected chi connectivity index (χ4v) is 2.30. The van der Waals surface area contributed by atoms with Gasteiger partial charge in [0.15, 0.2) is 0 Å². The molecule has 90 valence electrons. The van der Waals surface area contributed by atoms with Crippen molar-refractivity contribution in [3.8, 4) is 0 Å². The zero-order valence-electron chi connectivity index (χ0n) is 9.56. The molecule has 0 bridgehead atoms. The van der Waals surface area contributed by atoms with Crippen molar-refractivity contribution in [2.24, 2.45) is 0 Å². The number of fused-ring (bicyclic) bond motifs is 1. The van der Waals surface area contributed by atoms with E-state index in [9.17, 15) is 4.79 Å². The number of nitrogens with zero attached hydrogens (tertiary/aromatic N) is 1. The van der Waals surface area contributed by atoms with Gasteiger partial charge in [-0.05, 0) is 29.8 Å². The largest absolute Gasteiger partial charge is 0.326 e. The van der Waals surface area contributed by atoms with Gasteiger partial charge in [0.1, 0.15) is 0 Å². The molecule has 0 radical (unpaired) electrons. The molecule has 0 aliphatic carbocycles. The number of aromatic nitrogens is 2. The van der Waals surface area contributed by atoms with E-state index < -0.39 is 0 Å². The molecule has 0 atom stereocenters. The van der Waals surface area contributed by atoms with E-state index in [2.05, 4.69) is 20.9 Å². The Bertz CT molecular complexity index is 740. The van der Waals surface area contributed by atoms with Crippen molar-refractivity contribution in [1.82, 2.24) is 9.55 Å². The highest BCUT2D eigenvalue weighted by Gasteiger charge is 2.06. The number of benzene rings is 2. The van der Waals surface area contributed by atoms with Gasteiger partial charge in [-0.3, -0.25) is 4.57 Å². The van der Waals surface area contributed by atoms with Crippen molar-refractivity contribution in [2.45, 2.75) is 6.54 Å². The van der Waals surface area contributed by atoms with Crippen LogP contribution in [0, 0.1) is 0 Å². The quantitative estimate of drug-likeness (QED) is 0.776. The molecule has 1 N–H and O–H groups in total. The normalized spacial score (nSPS) is 10.9. The average molecular weight is 303 g/mol. The fourth-order valence-electron chi connectivity index (χ4n) is 2.04. The summed E-state index contributed by atoms with van der Waals surface area (Å²) < 4.78 is 2.79. The first-order valence-corrected chi connectivity index (χ1v) is 6.45. The van der Waals surface area contributed by atoms with Crippen LogP contribution in [0.3, 0.4) is 0 Å². The third-order valence-electron chi connectivity index (χ3n) is 2.94. The summed E-state index contributed by atoms with van der Waals surface area (Å²) in [5.41, 5.74) is 2.84. The maximum atomic E-state index is 11.9. The predicted octanol–water partition coefficient (Wildman–Crippen LogP) is 3.14. The molecule has 0 fully saturated rings. The first-order chi connectivity index (χ1) is 8.74. The van der Waals surface area contributed by atoms with E-state index in [1.807, 2.05) is 48.5 Å². The van der Waals surface area contributed by atoms with Gasteiger partial charge < -0.3 is 4.98 Å². The summed E-state index contributed by atoms with van der Waals surface area (Å²) in [4.78, 5) is 14.8. The molecule has 2 aromatic carbocycles. The minimum Gasteiger partial charge on any atom is -0.306 e. The number of aromatic amines is 1. The van der Waals surface area contributed by atoms with Gasteiger partial charge in [-0.25, -0.2) is 4.79 Å². The molecule has 1 heterocycles. The molecule has 18 heavy (non-hydrogen) atoms. The molecule has 0 aliphatic heterocycles. The number of hydrogen-bond donors (Lipinski definition) is 1. The van der Waals surface area contributed by atoms with Crippen molar-refractivity contribution in [3.05, 3.63) is 69.1 Å². The molecule has 1 aromatic heterocycles. The Morgan fingerprint density at radius 2 is 1.78 bits per heavy atom. The Morgan fingerprint density at radius 3 is 2.56 bits per heavy atom. The van der Waals surface area contributed by atoms with E-state index in [-0.39, 0.29) is 5.69 Å². The van der Waals surface area contributed by atoms with Gasteiger partial charge >= 0.3 is 5.69 Å². The number of hydrogen-bond acceptors (Lipinski definition) is 1. The SMILES string of the molecule is O=c1[nH]c2ccccc2n1Cc1ccc(Br)cc1. The lowest BCUT2D eigenvalue weighted by Crippen LogP contribution is -2.17. The van der Waals surface area contributed by atoms with Gasteiger partial charge in [-0.15, -0.1) is 0 Å². The van der Waals surface area contributed by atoms with Crippen molar-refractivity contribution in [2.75, 3.05) is 0 Å². The molecule has 0 spiro atoms. The summed E-state index contributed by atoms with van der Waals surface area (Å²) in [5, 5.41) is 0. The highest BCUT2D eigenvalue weighted by atomic mass is 79.9. The van der Waals surface area contributed by atoms with E-state index in [0.717, 1.165) is 21.1 Å². The maximum absolute atomic E-state index is 11.9. The average Bonchev–Trinajstić information content (AvgIpc) is 2.69. The molecular weight excluding hydrogens is 292 g/mol. The van der Waals surface area contributed by atoms with E-state index in [4.69, 9.17) is 0 Å². The standard InChI is InChI=1S/C14H11BrN2O/c15-11-7-5-10(6-8-11)9-17-13-4-2-1-3-12(13)16-14(17)18/h1-8H,9H2,(H,16,18). The third-order valence-corrected chi connectivity index (χ3v) is 3.46. The highest BCUT2D eigenvalue weighted by Crippen LogP contribution is 2.14. The van der Waals surface area contributed by atoms with Gasteiger partial charge in [0.2, 0.25) is 0 Å². The maximum Gasteiger partial charge on any atom is 0.326 e. The van der Waals surface area contributed by atoms with E-state index in [0.29, 0.717) is 6.54 Å². The van der Waals surface area contributed by atoms with E-state index in [1.54, 1.807) is 4.57 Å². The number of H-pyrrole nitrogens is 1. The zero-order chi connectivity index (χ0) is 12.5. The minimum absolute atomic E-state index is 0.0703. The fraction of sp³-hybridized carbons (Fsp3) is 0.0714. The van der Waals surface area contributed by atoms with Gasteiger partial charge in [0, 0.05) is 4.47 Å². The molecule has 0 unspecified atom stereocenters. The molecule has 0 saturated carbocycles. The first-order valence-electron chi connectivity index (χ1n) is 5.66. The molecule has 0 aliphatic rings. The number of rotatable bonds is 2. The molecule has 4 heteroatoms. The first kappa shape index (κ1) is 11.3. The summed E-state index contributed by atoms with van der Waals surface area (Å²) in [6.45, 7) is 0.579. The summed E-state index contributed by atoms with van der Waals surface area (Å²) in [5.74, 6) is 0. The van der Waals surface area contributed by atoms with E-state index >= 15 is 0 Å². The van der Waals surface area contributed by atoms with Crippen molar-refractivity contribution < 1.29 is 0 Å². The number of nitrogens with one attached hydrogen (secondary N) is 1. The summed E-state index contributed by atoms with van der Waals surface area (Å²) in [6, 6.07) is 15.7. The lowest BCUT2D eigenvalue weighted by atomic mass is 10.2.